The summed E-state index contributed by atoms with van der Waals surface area (Å²) in [6.45, 7) is 6.88. The molecule has 3 N–H and O–H groups in total. The van der Waals surface area contributed by atoms with Gasteiger partial charge in [0, 0.05) is 18.4 Å². The molecule has 0 aliphatic carbocycles. The number of benzene rings is 2. The maximum Gasteiger partial charge on any atom is 0.193 e. The van der Waals surface area contributed by atoms with Gasteiger partial charge in [-0.1, -0.05) is 24.3 Å². The number of hydrogen-bond donors (Lipinski definition) is 2. The summed E-state index contributed by atoms with van der Waals surface area (Å²) in [4.78, 5) is 4.44. The summed E-state index contributed by atoms with van der Waals surface area (Å²) < 4.78 is 1.93. The highest BCUT2D eigenvalue weighted by atomic mass is 127. The van der Waals surface area contributed by atoms with Gasteiger partial charge < -0.3 is 11.1 Å². The fourth-order valence-electron chi connectivity index (χ4n) is 3.16. The molecule has 0 atom stereocenters. The van der Waals surface area contributed by atoms with Crippen LogP contribution in [0, 0.1) is 20.8 Å². The number of rotatable bonds is 6. The van der Waals surface area contributed by atoms with Crippen LogP contribution in [0.4, 0.5) is 5.69 Å². The van der Waals surface area contributed by atoms with E-state index in [9.17, 15) is 0 Å². The van der Waals surface area contributed by atoms with Crippen molar-refractivity contribution in [2.24, 2.45) is 10.7 Å². The molecular formula is C22H28IN5. The van der Waals surface area contributed by atoms with Crippen molar-refractivity contribution >= 4 is 35.6 Å². The SMILES string of the molecule is Cc1cc(C)cc(NC(N)=NCCCc2cn(-c3ccccc3)nc2C)c1.I. The summed E-state index contributed by atoms with van der Waals surface area (Å²) in [6, 6.07) is 16.4. The van der Waals surface area contributed by atoms with Crippen LogP contribution in [-0.2, 0) is 6.42 Å². The lowest BCUT2D eigenvalue weighted by Crippen LogP contribution is -2.23. The summed E-state index contributed by atoms with van der Waals surface area (Å²) in [5.41, 5.74) is 12.8. The smallest absolute Gasteiger partial charge is 0.193 e. The number of nitrogens with one attached hydrogen (secondary N) is 1. The van der Waals surface area contributed by atoms with Gasteiger partial charge in [-0.3, -0.25) is 4.99 Å². The fraction of sp³-hybridized carbons (Fsp3) is 0.273. The molecule has 0 aliphatic rings. The van der Waals surface area contributed by atoms with Crippen LogP contribution in [0.3, 0.4) is 0 Å². The van der Waals surface area contributed by atoms with Crippen molar-refractivity contribution in [3.8, 4) is 5.69 Å². The molecule has 148 valence electrons. The average Bonchev–Trinajstić information content (AvgIpc) is 2.99. The van der Waals surface area contributed by atoms with Gasteiger partial charge in [-0.25, -0.2) is 4.68 Å². The van der Waals surface area contributed by atoms with Gasteiger partial charge in [0.25, 0.3) is 0 Å². The summed E-state index contributed by atoms with van der Waals surface area (Å²) in [5.74, 6) is 0.455. The van der Waals surface area contributed by atoms with Crippen LogP contribution in [0.5, 0.6) is 0 Å². The number of para-hydroxylation sites is 1. The highest BCUT2D eigenvalue weighted by Gasteiger charge is 2.06. The monoisotopic (exact) mass is 489 g/mol. The minimum Gasteiger partial charge on any atom is -0.370 e. The third kappa shape index (κ3) is 6.09. The van der Waals surface area contributed by atoms with E-state index in [1.165, 1.54) is 16.7 Å². The highest BCUT2D eigenvalue weighted by Crippen LogP contribution is 2.14. The quantitative estimate of drug-likeness (QED) is 0.227. The molecule has 0 radical (unpaired) electrons. The number of halogens is 1. The second-order valence-electron chi connectivity index (χ2n) is 6.89. The van der Waals surface area contributed by atoms with Crippen LogP contribution >= 0.6 is 24.0 Å². The van der Waals surface area contributed by atoms with Gasteiger partial charge in [-0.15, -0.1) is 24.0 Å². The molecule has 28 heavy (non-hydrogen) atoms. The van der Waals surface area contributed by atoms with Gasteiger partial charge in [-0.05, 0) is 74.6 Å². The Labute approximate surface area is 184 Å². The maximum atomic E-state index is 6.02. The van der Waals surface area contributed by atoms with Gasteiger partial charge in [0.05, 0.1) is 11.4 Å². The molecule has 0 unspecified atom stereocenters. The van der Waals surface area contributed by atoms with E-state index < -0.39 is 0 Å². The molecule has 5 nitrogen and oxygen atoms in total. The van der Waals surface area contributed by atoms with Gasteiger partial charge in [0.15, 0.2) is 5.96 Å². The maximum absolute atomic E-state index is 6.02. The molecule has 2 aromatic carbocycles. The molecule has 1 heterocycles. The van der Waals surface area contributed by atoms with E-state index in [4.69, 9.17) is 5.73 Å². The standard InChI is InChI=1S/C22H27N5.HI/c1-16-12-17(2)14-20(13-16)25-22(23)24-11-7-8-19-15-27(26-18(19)3)21-9-5-4-6-10-21;/h4-6,9-10,12-15H,7-8,11H2,1-3H3,(H3,23,24,25);1H. The summed E-state index contributed by atoms with van der Waals surface area (Å²) >= 11 is 0. The predicted octanol–water partition coefficient (Wildman–Crippen LogP) is 4.77. The Balaban J connectivity index is 0.00000280. The van der Waals surface area contributed by atoms with Crippen molar-refractivity contribution in [3.63, 3.8) is 0 Å². The van der Waals surface area contributed by atoms with E-state index in [0.717, 1.165) is 29.9 Å². The van der Waals surface area contributed by atoms with Crippen LogP contribution in [0.15, 0.2) is 59.7 Å². The van der Waals surface area contributed by atoms with E-state index in [-0.39, 0.29) is 24.0 Å². The largest absolute Gasteiger partial charge is 0.370 e. The number of anilines is 1. The van der Waals surface area contributed by atoms with E-state index in [1.807, 2.05) is 29.8 Å². The second-order valence-corrected chi connectivity index (χ2v) is 6.89. The Morgan fingerprint density at radius 1 is 1.07 bits per heavy atom. The van der Waals surface area contributed by atoms with Crippen molar-refractivity contribution in [1.29, 1.82) is 0 Å². The first kappa shape index (κ1) is 21.9. The normalized spacial score (nSPS) is 11.2. The Morgan fingerprint density at radius 3 is 2.43 bits per heavy atom. The molecule has 0 saturated heterocycles. The molecule has 0 fully saturated rings. The number of aromatic nitrogens is 2. The van der Waals surface area contributed by atoms with Gasteiger partial charge in [-0.2, -0.15) is 5.10 Å². The van der Waals surface area contributed by atoms with E-state index >= 15 is 0 Å². The first-order valence-electron chi connectivity index (χ1n) is 9.27. The second kappa shape index (κ2) is 10.3. The number of aryl methyl sites for hydroxylation is 4. The zero-order chi connectivity index (χ0) is 19.2. The lowest BCUT2D eigenvalue weighted by atomic mass is 10.1. The first-order chi connectivity index (χ1) is 13.0. The Hall–Kier alpha value is -2.35. The molecule has 0 bridgehead atoms. The Bertz CT molecular complexity index is 911. The van der Waals surface area contributed by atoms with Crippen LogP contribution in [0.1, 0.15) is 28.8 Å². The molecule has 0 amide bonds. The Kier molecular flexibility index (Phi) is 8.04. The van der Waals surface area contributed by atoms with Gasteiger partial charge in [0.1, 0.15) is 0 Å². The lowest BCUT2D eigenvalue weighted by Gasteiger charge is -2.08. The molecule has 1 aromatic heterocycles. The third-order valence-corrected chi connectivity index (χ3v) is 4.40. The Morgan fingerprint density at radius 2 is 1.75 bits per heavy atom. The molecule has 6 heteroatoms. The number of nitrogens with two attached hydrogens (primary N) is 1. The summed E-state index contributed by atoms with van der Waals surface area (Å²) in [7, 11) is 0. The van der Waals surface area contributed by atoms with Crippen molar-refractivity contribution in [2.75, 3.05) is 11.9 Å². The predicted molar refractivity (Wildman–Crippen MR) is 128 cm³/mol. The molecule has 0 aliphatic heterocycles. The topological polar surface area (TPSA) is 68.2 Å². The molecule has 0 saturated carbocycles. The minimum absolute atomic E-state index is 0. The number of hydrogen-bond acceptors (Lipinski definition) is 2. The van der Waals surface area contributed by atoms with Crippen LogP contribution in [-0.4, -0.2) is 22.3 Å². The summed E-state index contributed by atoms with van der Waals surface area (Å²) in [5, 5.41) is 7.78. The van der Waals surface area contributed by atoms with Crippen LogP contribution in [0.2, 0.25) is 0 Å². The molecular weight excluding hydrogens is 461 g/mol. The lowest BCUT2D eigenvalue weighted by molar-refractivity contribution is 0.827. The number of nitrogens with zero attached hydrogens (tertiary/aromatic N) is 3. The molecule has 3 aromatic rings. The highest BCUT2D eigenvalue weighted by molar-refractivity contribution is 14.0. The van der Waals surface area contributed by atoms with Crippen molar-refractivity contribution in [3.05, 3.63) is 77.1 Å². The van der Waals surface area contributed by atoms with Crippen LogP contribution < -0.4 is 11.1 Å². The first-order valence-corrected chi connectivity index (χ1v) is 9.27. The zero-order valence-corrected chi connectivity index (χ0v) is 19.0. The van der Waals surface area contributed by atoms with Gasteiger partial charge >= 0.3 is 0 Å². The molecule has 0 spiro atoms. The van der Waals surface area contributed by atoms with Crippen molar-refractivity contribution < 1.29 is 0 Å². The van der Waals surface area contributed by atoms with Crippen LogP contribution in [0.25, 0.3) is 5.69 Å². The molecule has 3 rings (SSSR count). The van der Waals surface area contributed by atoms with E-state index in [1.54, 1.807) is 0 Å². The average molecular weight is 489 g/mol. The minimum atomic E-state index is 0. The number of guanidine groups is 1. The van der Waals surface area contributed by atoms with E-state index in [2.05, 4.69) is 65.8 Å². The number of aliphatic imine (C=N–C) groups is 1. The van der Waals surface area contributed by atoms with E-state index in [0.29, 0.717) is 12.5 Å². The third-order valence-electron chi connectivity index (χ3n) is 4.40. The van der Waals surface area contributed by atoms with Gasteiger partial charge in [0.2, 0.25) is 0 Å². The summed E-state index contributed by atoms with van der Waals surface area (Å²) in [6.07, 6.45) is 3.96. The van der Waals surface area contributed by atoms with Crippen molar-refractivity contribution in [2.45, 2.75) is 33.6 Å². The fourth-order valence-corrected chi connectivity index (χ4v) is 3.16. The van der Waals surface area contributed by atoms with Crippen molar-refractivity contribution in [1.82, 2.24) is 9.78 Å². The zero-order valence-electron chi connectivity index (χ0n) is 16.6.